The number of carbonyl (C=O) groups is 1. The van der Waals surface area contributed by atoms with E-state index >= 15 is 0 Å². The monoisotopic (exact) mass is 399 g/mol. The van der Waals surface area contributed by atoms with Crippen LogP contribution in [0.15, 0.2) is 46.9 Å². The van der Waals surface area contributed by atoms with Crippen LogP contribution in [0, 0.1) is 5.82 Å². The van der Waals surface area contributed by atoms with Crippen molar-refractivity contribution in [3.8, 4) is 0 Å². The maximum absolute atomic E-state index is 14.0. The van der Waals surface area contributed by atoms with E-state index in [4.69, 9.17) is 16.3 Å². The molecule has 0 bridgehead atoms. The fraction of sp³-hybridized carbons (Fsp3) is 0.235. The van der Waals surface area contributed by atoms with Gasteiger partial charge in [0.2, 0.25) is 0 Å². The van der Waals surface area contributed by atoms with Gasteiger partial charge < -0.3 is 10.1 Å². The summed E-state index contributed by atoms with van der Waals surface area (Å²) in [4.78, 5) is 12.3. The van der Waals surface area contributed by atoms with Crippen LogP contribution in [0.25, 0.3) is 0 Å². The number of rotatable bonds is 5. The molecule has 0 saturated heterocycles. The minimum Gasteiger partial charge on any atom is -0.372 e. The first kappa shape index (κ1) is 17.9. The van der Waals surface area contributed by atoms with Crippen LogP contribution >= 0.6 is 27.5 Å². The van der Waals surface area contributed by atoms with Gasteiger partial charge in [0.15, 0.2) is 0 Å². The van der Waals surface area contributed by atoms with E-state index in [1.54, 1.807) is 43.3 Å². The molecule has 2 aromatic carbocycles. The van der Waals surface area contributed by atoms with Crippen LogP contribution < -0.4 is 5.32 Å². The summed E-state index contributed by atoms with van der Waals surface area (Å²) in [5, 5.41) is 3.09. The van der Waals surface area contributed by atoms with Crippen molar-refractivity contribution in [2.45, 2.75) is 12.5 Å². The topological polar surface area (TPSA) is 38.3 Å². The van der Waals surface area contributed by atoms with Gasteiger partial charge in [-0.2, -0.15) is 0 Å². The summed E-state index contributed by atoms with van der Waals surface area (Å²) in [5.74, 6) is -0.734. The minimum absolute atomic E-state index is 0.103. The van der Waals surface area contributed by atoms with Crippen LogP contribution in [0.4, 0.5) is 4.39 Å². The lowest BCUT2D eigenvalue weighted by Crippen LogP contribution is -2.40. The fourth-order valence-corrected chi connectivity index (χ4v) is 2.75. The summed E-state index contributed by atoms with van der Waals surface area (Å²) in [5.41, 5.74) is -0.268. The molecule has 0 radical (unpaired) electrons. The molecule has 0 heterocycles. The van der Waals surface area contributed by atoms with E-state index in [-0.39, 0.29) is 18.3 Å². The van der Waals surface area contributed by atoms with Crippen LogP contribution in [-0.4, -0.2) is 19.6 Å². The highest BCUT2D eigenvalue weighted by atomic mass is 79.9. The zero-order valence-electron chi connectivity index (χ0n) is 12.7. The first-order valence-corrected chi connectivity index (χ1v) is 8.08. The summed E-state index contributed by atoms with van der Waals surface area (Å²) in [6.45, 7) is 1.82. The van der Waals surface area contributed by atoms with E-state index in [9.17, 15) is 9.18 Å². The Balaban J connectivity index is 2.19. The highest BCUT2D eigenvalue weighted by Crippen LogP contribution is 2.27. The van der Waals surface area contributed by atoms with Gasteiger partial charge in [0, 0.05) is 17.1 Å². The first-order valence-electron chi connectivity index (χ1n) is 6.91. The lowest BCUT2D eigenvalue weighted by Gasteiger charge is -2.29. The number of halogens is 3. The van der Waals surface area contributed by atoms with Gasteiger partial charge in [0.1, 0.15) is 11.4 Å². The van der Waals surface area contributed by atoms with Crippen molar-refractivity contribution < 1.29 is 13.9 Å². The molecule has 1 atom stereocenters. The molecule has 23 heavy (non-hydrogen) atoms. The lowest BCUT2D eigenvalue weighted by molar-refractivity contribution is 0.000389. The minimum atomic E-state index is -0.987. The largest absolute Gasteiger partial charge is 0.372 e. The summed E-state index contributed by atoms with van der Waals surface area (Å²) in [6, 6.07) is 11.3. The molecule has 0 spiro atoms. The van der Waals surface area contributed by atoms with Crippen molar-refractivity contribution in [2.75, 3.05) is 13.7 Å². The van der Waals surface area contributed by atoms with Crippen LogP contribution in [-0.2, 0) is 10.3 Å². The second kappa shape index (κ2) is 7.43. The Morgan fingerprint density at radius 1 is 1.35 bits per heavy atom. The predicted molar refractivity (Wildman–Crippen MR) is 92.2 cm³/mol. The molecular weight excluding hydrogens is 385 g/mol. The van der Waals surface area contributed by atoms with Gasteiger partial charge in [-0.3, -0.25) is 4.79 Å². The van der Waals surface area contributed by atoms with Crippen molar-refractivity contribution in [1.82, 2.24) is 5.32 Å². The third-order valence-corrected chi connectivity index (χ3v) is 4.48. The Kier molecular flexibility index (Phi) is 5.79. The molecule has 0 aliphatic heterocycles. The van der Waals surface area contributed by atoms with Crippen molar-refractivity contribution >= 4 is 33.4 Å². The van der Waals surface area contributed by atoms with Crippen LogP contribution in [0.5, 0.6) is 0 Å². The van der Waals surface area contributed by atoms with Gasteiger partial charge in [-0.1, -0.05) is 45.7 Å². The van der Waals surface area contributed by atoms with Gasteiger partial charge >= 0.3 is 0 Å². The van der Waals surface area contributed by atoms with Crippen molar-refractivity contribution in [2.24, 2.45) is 0 Å². The number of methoxy groups -OCH3 is 1. The van der Waals surface area contributed by atoms with E-state index in [0.717, 1.165) is 4.47 Å². The third kappa shape index (κ3) is 4.10. The average molecular weight is 401 g/mol. The molecule has 0 saturated carbocycles. The number of benzene rings is 2. The lowest BCUT2D eigenvalue weighted by atomic mass is 9.95. The van der Waals surface area contributed by atoms with Gasteiger partial charge in [-0.15, -0.1) is 0 Å². The number of nitrogens with one attached hydrogen (secondary N) is 1. The van der Waals surface area contributed by atoms with Crippen molar-refractivity contribution in [3.05, 3.63) is 68.9 Å². The quantitative estimate of drug-likeness (QED) is 0.800. The van der Waals surface area contributed by atoms with Crippen LogP contribution in [0.1, 0.15) is 22.8 Å². The third-order valence-electron chi connectivity index (χ3n) is 3.65. The summed E-state index contributed by atoms with van der Waals surface area (Å²) < 4.78 is 20.2. The Labute approximate surface area is 147 Å². The zero-order valence-corrected chi connectivity index (χ0v) is 15.0. The second-order valence-corrected chi connectivity index (χ2v) is 6.54. The molecule has 122 valence electrons. The number of hydrogen-bond acceptors (Lipinski definition) is 2. The van der Waals surface area contributed by atoms with Gasteiger partial charge in [-0.25, -0.2) is 4.39 Å². The Morgan fingerprint density at radius 2 is 2.04 bits per heavy atom. The smallest absolute Gasteiger partial charge is 0.252 e. The molecule has 0 aliphatic rings. The summed E-state index contributed by atoms with van der Waals surface area (Å²) >= 11 is 9.35. The molecule has 0 aliphatic carbocycles. The van der Waals surface area contributed by atoms with E-state index in [2.05, 4.69) is 21.2 Å². The molecule has 2 aromatic rings. The van der Waals surface area contributed by atoms with Gasteiger partial charge in [0.25, 0.3) is 5.91 Å². The Bertz CT molecular complexity index is 725. The Hall–Kier alpha value is -1.43. The fourth-order valence-electron chi connectivity index (χ4n) is 2.18. The maximum atomic E-state index is 14.0. The van der Waals surface area contributed by atoms with Gasteiger partial charge in [0.05, 0.1) is 17.1 Å². The number of hydrogen-bond donors (Lipinski definition) is 1. The zero-order chi connectivity index (χ0) is 17.0. The maximum Gasteiger partial charge on any atom is 0.252 e. The highest BCUT2D eigenvalue weighted by Gasteiger charge is 2.30. The SMILES string of the molecule is COC(C)(CNC(=O)c1cc(Br)ccc1Cl)c1ccccc1F. The van der Waals surface area contributed by atoms with Crippen molar-refractivity contribution in [1.29, 1.82) is 0 Å². The van der Waals surface area contributed by atoms with E-state index in [0.29, 0.717) is 16.1 Å². The highest BCUT2D eigenvalue weighted by molar-refractivity contribution is 9.10. The second-order valence-electron chi connectivity index (χ2n) is 5.22. The average Bonchev–Trinajstić information content (AvgIpc) is 2.55. The number of amides is 1. The number of carbonyl (C=O) groups excluding carboxylic acids is 1. The van der Waals surface area contributed by atoms with E-state index in [1.165, 1.54) is 13.2 Å². The van der Waals surface area contributed by atoms with E-state index in [1.807, 2.05) is 0 Å². The van der Waals surface area contributed by atoms with E-state index < -0.39 is 5.60 Å². The molecular formula is C17H16BrClFNO2. The summed E-state index contributed by atoms with van der Waals surface area (Å²) in [6.07, 6.45) is 0. The van der Waals surface area contributed by atoms with Gasteiger partial charge in [-0.05, 0) is 31.2 Å². The predicted octanol–water partition coefficient (Wildman–Crippen LogP) is 4.53. The molecule has 0 aromatic heterocycles. The summed E-state index contributed by atoms with van der Waals surface area (Å²) in [7, 11) is 1.48. The molecule has 1 amide bonds. The molecule has 0 fully saturated rings. The van der Waals surface area contributed by atoms with Crippen molar-refractivity contribution in [3.63, 3.8) is 0 Å². The van der Waals surface area contributed by atoms with Crippen LogP contribution in [0.3, 0.4) is 0 Å². The molecule has 3 nitrogen and oxygen atoms in total. The van der Waals surface area contributed by atoms with Crippen LogP contribution in [0.2, 0.25) is 5.02 Å². The molecule has 2 rings (SSSR count). The molecule has 1 unspecified atom stereocenters. The normalized spacial score (nSPS) is 13.4. The standard InChI is InChI=1S/C17H16BrClFNO2/c1-17(23-2,13-5-3-4-6-15(13)20)10-21-16(22)12-9-11(18)7-8-14(12)19/h3-9H,10H2,1-2H3,(H,21,22). The number of ether oxygens (including phenoxy) is 1. The molecule has 1 N–H and O–H groups in total. The first-order chi connectivity index (χ1) is 10.9. The Morgan fingerprint density at radius 3 is 2.70 bits per heavy atom. The molecule has 6 heteroatoms.